The normalized spacial score (nSPS) is 11.4. The van der Waals surface area contributed by atoms with E-state index in [9.17, 15) is 9.59 Å². The van der Waals surface area contributed by atoms with E-state index in [1.807, 2.05) is 0 Å². The van der Waals surface area contributed by atoms with Crippen molar-refractivity contribution >= 4 is 11.9 Å². The zero-order valence-electron chi connectivity index (χ0n) is 10.1. The number of aliphatic carboxylic acids is 1. The highest BCUT2D eigenvalue weighted by atomic mass is 16.5. The van der Waals surface area contributed by atoms with Crippen LogP contribution in [-0.4, -0.2) is 24.2 Å². The molecule has 0 bridgehead atoms. The molecular formula is C13H15NO4. The Balaban J connectivity index is 2.74. The minimum atomic E-state index is -1.03. The van der Waals surface area contributed by atoms with Crippen LogP contribution in [0.3, 0.4) is 0 Å². The predicted octanol–water partition coefficient (Wildman–Crippen LogP) is 1.48. The smallest absolute Gasteiger partial charge is 0.330 e. The summed E-state index contributed by atoms with van der Waals surface area (Å²) in [5, 5.41) is 11.9. The van der Waals surface area contributed by atoms with Crippen molar-refractivity contribution in [3.05, 3.63) is 48.2 Å². The van der Waals surface area contributed by atoms with Gasteiger partial charge in [0.15, 0.2) is 0 Å². The summed E-state index contributed by atoms with van der Waals surface area (Å²) in [6.45, 7) is 3.62. The molecule has 0 heterocycles. The van der Waals surface area contributed by atoms with Crippen LogP contribution in [0.4, 0.5) is 0 Å². The molecule has 96 valence electrons. The second-order valence-electron chi connectivity index (χ2n) is 3.68. The molecule has 1 aromatic carbocycles. The van der Waals surface area contributed by atoms with E-state index in [1.54, 1.807) is 30.3 Å². The lowest BCUT2D eigenvalue weighted by molar-refractivity contribution is -0.141. The molecule has 0 aromatic heterocycles. The van der Waals surface area contributed by atoms with Crippen LogP contribution in [0.2, 0.25) is 0 Å². The molecule has 1 aromatic rings. The number of methoxy groups -OCH3 is 1. The maximum atomic E-state index is 11.2. The molecule has 0 aliphatic carbocycles. The van der Waals surface area contributed by atoms with Crippen LogP contribution in [0.5, 0.6) is 0 Å². The molecule has 0 fully saturated rings. The lowest BCUT2D eigenvalue weighted by Crippen LogP contribution is -2.28. The first-order chi connectivity index (χ1) is 8.54. The van der Waals surface area contributed by atoms with Crippen LogP contribution in [0, 0.1) is 0 Å². The molecule has 0 radical (unpaired) electrons. The predicted molar refractivity (Wildman–Crippen MR) is 65.7 cm³/mol. The Hall–Kier alpha value is -2.30. The minimum Gasteiger partial charge on any atom is -0.479 e. The van der Waals surface area contributed by atoms with Gasteiger partial charge in [-0.25, -0.2) is 4.79 Å². The topological polar surface area (TPSA) is 75.6 Å². The largest absolute Gasteiger partial charge is 0.479 e. The number of rotatable bonds is 6. The van der Waals surface area contributed by atoms with Crippen molar-refractivity contribution in [2.45, 2.75) is 12.5 Å². The van der Waals surface area contributed by atoms with Gasteiger partial charge in [-0.3, -0.25) is 4.79 Å². The van der Waals surface area contributed by atoms with Crippen molar-refractivity contribution in [3.63, 3.8) is 0 Å². The molecule has 1 atom stereocenters. The van der Waals surface area contributed by atoms with E-state index >= 15 is 0 Å². The van der Waals surface area contributed by atoms with Gasteiger partial charge in [0.25, 0.3) is 0 Å². The van der Waals surface area contributed by atoms with Crippen molar-refractivity contribution in [1.29, 1.82) is 0 Å². The van der Waals surface area contributed by atoms with E-state index in [-0.39, 0.29) is 6.42 Å². The summed E-state index contributed by atoms with van der Waals surface area (Å²) >= 11 is 0. The number of hydrogen-bond donors (Lipinski definition) is 2. The fourth-order valence-electron chi connectivity index (χ4n) is 1.43. The number of carboxylic acid groups (broad SMARTS) is 1. The zero-order chi connectivity index (χ0) is 13.5. The fourth-order valence-corrected chi connectivity index (χ4v) is 1.43. The first kappa shape index (κ1) is 13.8. The van der Waals surface area contributed by atoms with E-state index in [2.05, 4.69) is 16.6 Å². The summed E-state index contributed by atoms with van der Waals surface area (Å²) in [4.78, 5) is 22.2. The van der Waals surface area contributed by atoms with Gasteiger partial charge in [-0.05, 0) is 5.56 Å². The maximum Gasteiger partial charge on any atom is 0.330 e. The Kier molecular flexibility index (Phi) is 4.92. The second kappa shape index (κ2) is 6.44. The van der Waals surface area contributed by atoms with Gasteiger partial charge < -0.3 is 15.2 Å². The maximum absolute atomic E-state index is 11.2. The molecule has 0 saturated carbocycles. The SMILES string of the molecule is C=C(CC(=O)OC)N[C@@H](C(=O)O)c1ccccc1. The molecule has 0 aliphatic heterocycles. The summed E-state index contributed by atoms with van der Waals surface area (Å²) in [7, 11) is 1.27. The third kappa shape index (κ3) is 3.93. The molecule has 0 unspecified atom stereocenters. The summed E-state index contributed by atoms with van der Waals surface area (Å²) in [6.07, 6.45) is -0.0624. The number of nitrogens with one attached hydrogen (secondary N) is 1. The number of ether oxygens (including phenoxy) is 1. The molecule has 2 N–H and O–H groups in total. The molecule has 1 rings (SSSR count). The first-order valence-corrected chi connectivity index (χ1v) is 5.33. The van der Waals surface area contributed by atoms with Crippen LogP contribution >= 0.6 is 0 Å². The number of carbonyl (C=O) groups excluding carboxylic acids is 1. The van der Waals surface area contributed by atoms with Crippen LogP contribution in [0.15, 0.2) is 42.6 Å². The lowest BCUT2D eigenvalue weighted by Gasteiger charge is -2.17. The standard InChI is InChI=1S/C13H15NO4/c1-9(8-11(15)18-2)14-12(13(16)17)10-6-4-3-5-7-10/h3-7,12,14H,1,8H2,2H3,(H,16,17)/t12-/m1/s1. The summed E-state index contributed by atoms with van der Waals surface area (Å²) in [6, 6.07) is 7.75. The minimum absolute atomic E-state index is 0.0624. The number of carboxylic acids is 1. The van der Waals surface area contributed by atoms with Crippen molar-refractivity contribution < 1.29 is 19.4 Å². The number of benzene rings is 1. The van der Waals surface area contributed by atoms with Gasteiger partial charge in [-0.1, -0.05) is 36.9 Å². The van der Waals surface area contributed by atoms with Crippen molar-refractivity contribution in [2.24, 2.45) is 0 Å². The average molecular weight is 249 g/mol. The van der Waals surface area contributed by atoms with Crippen LogP contribution < -0.4 is 5.32 Å². The van der Waals surface area contributed by atoms with Crippen LogP contribution in [0.25, 0.3) is 0 Å². The zero-order valence-corrected chi connectivity index (χ0v) is 10.1. The molecule has 0 saturated heterocycles. The highest BCUT2D eigenvalue weighted by Gasteiger charge is 2.20. The van der Waals surface area contributed by atoms with E-state index in [4.69, 9.17) is 5.11 Å². The number of esters is 1. The second-order valence-corrected chi connectivity index (χ2v) is 3.68. The Morgan fingerprint density at radius 1 is 1.39 bits per heavy atom. The Morgan fingerprint density at radius 3 is 2.50 bits per heavy atom. The van der Waals surface area contributed by atoms with Gasteiger partial charge >= 0.3 is 11.9 Å². The van der Waals surface area contributed by atoms with Crippen LogP contribution in [0.1, 0.15) is 18.0 Å². The molecule has 18 heavy (non-hydrogen) atoms. The van der Waals surface area contributed by atoms with E-state index < -0.39 is 18.0 Å². The highest BCUT2D eigenvalue weighted by Crippen LogP contribution is 2.15. The Bertz CT molecular complexity index is 442. The summed E-state index contributed by atoms with van der Waals surface area (Å²) in [5.74, 6) is -1.50. The van der Waals surface area contributed by atoms with Crippen LogP contribution in [-0.2, 0) is 14.3 Å². The Labute approximate surface area is 105 Å². The number of hydrogen-bond acceptors (Lipinski definition) is 4. The molecule has 0 amide bonds. The quantitative estimate of drug-likeness (QED) is 0.747. The fraction of sp³-hybridized carbons (Fsp3) is 0.231. The third-order valence-electron chi connectivity index (χ3n) is 2.31. The third-order valence-corrected chi connectivity index (χ3v) is 2.31. The average Bonchev–Trinajstić information content (AvgIpc) is 2.36. The molecule has 0 spiro atoms. The summed E-state index contributed by atoms with van der Waals surface area (Å²) < 4.78 is 4.48. The number of carbonyl (C=O) groups is 2. The van der Waals surface area contributed by atoms with E-state index in [0.29, 0.717) is 11.3 Å². The molecule has 0 aliphatic rings. The first-order valence-electron chi connectivity index (χ1n) is 5.33. The van der Waals surface area contributed by atoms with Gasteiger partial charge in [0.2, 0.25) is 0 Å². The summed E-state index contributed by atoms with van der Waals surface area (Å²) in [5.41, 5.74) is 0.897. The molecule has 5 heteroatoms. The monoisotopic (exact) mass is 249 g/mol. The van der Waals surface area contributed by atoms with Gasteiger partial charge in [0, 0.05) is 5.70 Å². The molecule has 5 nitrogen and oxygen atoms in total. The van der Waals surface area contributed by atoms with E-state index in [0.717, 1.165) is 0 Å². The van der Waals surface area contributed by atoms with Crippen molar-refractivity contribution in [3.8, 4) is 0 Å². The van der Waals surface area contributed by atoms with Crippen molar-refractivity contribution in [2.75, 3.05) is 7.11 Å². The Morgan fingerprint density at radius 2 is 2.00 bits per heavy atom. The van der Waals surface area contributed by atoms with Gasteiger partial charge in [-0.2, -0.15) is 0 Å². The van der Waals surface area contributed by atoms with E-state index in [1.165, 1.54) is 7.11 Å². The van der Waals surface area contributed by atoms with Gasteiger partial charge in [-0.15, -0.1) is 0 Å². The van der Waals surface area contributed by atoms with Gasteiger partial charge in [0.1, 0.15) is 6.04 Å². The lowest BCUT2D eigenvalue weighted by atomic mass is 10.1. The van der Waals surface area contributed by atoms with Crippen molar-refractivity contribution in [1.82, 2.24) is 5.32 Å². The van der Waals surface area contributed by atoms with Gasteiger partial charge in [0.05, 0.1) is 13.5 Å². The molecular weight excluding hydrogens is 234 g/mol. The highest BCUT2D eigenvalue weighted by molar-refractivity contribution is 5.76.